The smallest absolute Gasteiger partial charge is 0.223 e. The molecule has 8 nitrogen and oxygen atoms in total. The SMILES string of the molecule is C.CC(=O)Nc1nc2ccc(-c3nn(C4CCC4)c4ncnc(N)c34)cc2s1. The molecule has 3 aromatic heterocycles. The van der Waals surface area contributed by atoms with Gasteiger partial charge in [-0.15, -0.1) is 0 Å². The molecule has 0 bridgehead atoms. The van der Waals surface area contributed by atoms with Crippen LogP contribution in [0.5, 0.6) is 0 Å². The summed E-state index contributed by atoms with van der Waals surface area (Å²) >= 11 is 1.43. The summed E-state index contributed by atoms with van der Waals surface area (Å²) in [7, 11) is 0. The second kappa shape index (κ2) is 6.83. The van der Waals surface area contributed by atoms with Gasteiger partial charge in [-0.2, -0.15) is 5.10 Å². The van der Waals surface area contributed by atoms with E-state index in [-0.39, 0.29) is 13.3 Å². The van der Waals surface area contributed by atoms with Crippen molar-refractivity contribution in [3.05, 3.63) is 24.5 Å². The lowest BCUT2D eigenvalue weighted by Crippen LogP contribution is -2.18. The fourth-order valence-electron chi connectivity index (χ4n) is 3.36. The van der Waals surface area contributed by atoms with Crippen LogP contribution in [-0.2, 0) is 4.79 Å². The summed E-state index contributed by atoms with van der Waals surface area (Å²) in [6.07, 6.45) is 4.91. The number of carbonyl (C=O) groups excluding carboxylic acids is 1. The molecule has 0 radical (unpaired) electrons. The molecule has 1 aliphatic carbocycles. The summed E-state index contributed by atoms with van der Waals surface area (Å²) in [4.78, 5) is 24.3. The van der Waals surface area contributed by atoms with Crippen LogP contribution in [0.3, 0.4) is 0 Å². The van der Waals surface area contributed by atoms with Crippen LogP contribution in [0.2, 0.25) is 0 Å². The highest BCUT2D eigenvalue weighted by Crippen LogP contribution is 2.38. The Kier molecular flexibility index (Phi) is 4.46. The summed E-state index contributed by atoms with van der Waals surface area (Å²) in [5.74, 6) is 0.299. The molecule has 9 heteroatoms. The Bertz CT molecular complexity index is 1190. The Morgan fingerprint density at radius 2 is 2.14 bits per heavy atom. The van der Waals surface area contributed by atoms with Crippen molar-refractivity contribution in [3.8, 4) is 11.3 Å². The molecule has 0 unspecified atom stereocenters. The van der Waals surface area contributed by atoms with Gasteiger partial charge in [-0.05, 0) is 31.4 Å². The van der Waals surface area contributed by atoms with Crippen molar-refractivity contribution in [1.82, 2.24) is 24.7 Å². The van der Waals surface area contributed by atoms with Crippen molar-refractivity contribution in [2.45, 2.75) is 39.7 Å². The van der Waals surface area contributed by atoms with E-state index in [1.165, 1.54) is 31.0 Å². The van der Waals surface area contributed by atoms with Crippen LogP contribution < -0.4 is 11.1 Å². The lowest BCUT2D eigenvalue weighted by molar-refractivity contribution is -0.114. The van der Waals surface area contributed by atoms with Crippen LogP contribution in [0, 0.1) is 0 Å². The maximum absolute atomic E-state index is 11.3. The highest BCUT2D eigenvalue weighted by molar-refractivity contribution is 7.22. The van der Waals surface area contributed by atoms with E-state index in [1.807, 2.05) is 22.9 Å². The Labute approximate surface area is 165 Å². The minimum absolute atomic E-state index is 0. The molecular weight excluding hydrogens is 374 g/mol. The standard InChI is InChI=1S/C18H17N7OS.CH4/c1-9(26)22-18-23-12-6-5-10(7-13(12)27-18)15-14-16(19)20-8-21-17(14)25(24-15)11-3-2-4-11;/h5-8,11H,2-4H2,1H3,(H2,19,20,21)(H,22,23,26);1H4. The summed E-state index contributed by atoms with van der Waals surface area (Å²) < 4.78 is 2.96. The number of fused-ring (bicyclic) bond motifs is 2. The van der Waals surface area contributed by atoms with Crippen LogP contribution >= 0.6 is 11.3 Å². The number of hydrogen-bond donors (Lipinski definition) is 2. The van der Waals surface area contributed by atoms with Gasteiger partial charge in [0.05, 0.1) is 21.6 Å². The number of nitrogens with two attached hydrogens (primary N) is 1. The van der Waals surface area contributed by atoms with Crippen LogP contribution in [-0.4, -0.2) is 30.6 Å². The Morgan fingerprint density at radius 3 is 2.86 bits per heavy atom. The van der Waals surface area contributed by atoms with Gasteiger partial charge in [0.15, 0.2) is 10.8 Å². The van der Waals surface area contributed by atoms with E-state index in [0.29, 0.717) is 17.0 Å². The first kappa shape index (κ1) is 18.3. The molecule has 1 amide bonds. The number of amides is 1. The molecule has 1 fully saturated rings. The van der Waals surface area contributed by atoms with E-state index >= 15 is 0 Å². The average Bonchev–Trinajstić information content (AvgIpc) is 3.14. The fourth-order valence-corrected chi connectivity index (χ4v) is 4.31. The van der Waals surface area contributed by atoms with Crippen molar-refractivity contribution in [3.63, 3.8) is 0 Å². The molecule has 0 atom stereocenters. The Balaban J connectivity index is 0.00000192. The van der Waals surface area contributed by atoms with E-state index in [2.05, 4.69) is 20.3 Å². The Hall–Kier alpha value is -3.07. The first-order valence-corrected chi connectivity index (χ1v) is 9.59. The molecule has 4 aromatic rings. The molecule has 1 aliphatic rings. The van der Waals surface area contributed by atoms with Gasteiger partial charge in [-0.25, -0.2) is 19.6 Å². The summed E-state index contributed by atoms with van der Waals surface area (Å²) in [5, 5.41) is 8.96. The zero-order valence-corrected chi connectivity index (χ0v) is 15.5. The van der Waals surface area contributed by atoms with E-state index in [0.717, 1.165) is 45.3 Å². The van der Waals surface area contributed by atoms with Crippen molar-refractivity contribution in [2.24, 2.45) is 0 Å². The number of carbonyl (C=O) groups is 1. The molecule has 0 spiro atoms. The normalized spacial score (nSPS) is 14.0. The van der Waals surface area contributed by atoms with E-state index in [1.54, 1.807) is 0 Å². The topological polar surface area (TPSA) is 112 Å². The monoisotopic (exact) mass is 395 g/mol. The third-order valence-electron chi connectivity index (χ3n) is 4.88. The number of nitrogens with one attached hydrogen (secondary N) is 1. The molecule has 3 heterocycles. The van der Waals surface area contributed by atoms with Gasteiger partial charge in [-0.3, -0.25) is 4.79 Å². The first-order valence-electron chi connectivity index (χ1n) is 8.77. The summed E-state index contributed by atoms with van der Waals surface area (Å²) in [5.41, 5.74) is 9.51. The maximum atomic E-state index is 11.3. The molecule has 1 aromatic carbocycles. The van der Waals surface area contributed by atoms with Gasteiger partial charge >= 0.3 is 0 Å². The van der Waals surface area contributed by atoms with Crippen LogP contribution in [0.1, 0.15) is 39.7 Å². The number of anilines is 2. The molecule has 5 rings (SSSR count). The first-order chi connectivity index (χ1) is 13.1. The summed E-state index contributed by atoms with van der Waals surface area (Å²) in [6.45, 7) is 1.47. The molecule has 0 aliphatic heterocycles. The molecule has 3 N–H and O–H groups in total. The van der Waals surface area contributed by atoms with Gasteiger partial charge in [0.1, 0.15) is 17.8 Å². The summed E-state index contributed by atoms with van der Waals surface area (Å²) in [6, 6.07) is 6.30. The number of nitrogen functional groups attached to an aromatic ring is 1. The lowest BCUT2D eigenvalue weighted by atomic mass is 9.93. The molecular formula is C19H21N7OS. The van der Waals surface area contributed by atoms with Gasteiger partial charge < -0.3 is 11.1 Å². The van der Waals surface area contributed by atoms with E-state index in [9.17, 15) is 4.79 Å². The van der Waals surface area contributed by atoms with Crippen molar-refractivity contribution < 1.29 is 4.79 Å². The quantitative estimate of drug-likeness (QED) is 0.542. The number of nitrogens with zero attached hydrogens (tertiary/aromatic N) is 5. The van der Waals surface area contributed by atoms with Crippen molar-refractivity contribution in [2.75, 3.05) is 11.1 Å². The van der Waals surface area contributed by atoms with Crippen molar-refractivity contribution >= 4 is 49.4 Å². The van der Waals surface area contributed by atoms with Gasteiger partial charge in [0.2, 0.25) is 5.91 Å². The van der Waals surface area contributed by atoms with Crippen LogP contribution in [0.25, 0.3) is 32.5 Å². The second-order valence-electron chi connectivity index (χ2n) is 6.72. The molecule has 144 valence electrons. The zero-order valence-electron chi connectivity index (χ0n) is 14.6. The third kappa shape index (κ3) is 2.88. The molecule has 0 saturated heterocycles. The van der Waals surface area contributed by atoms with E-state index < -0.39 is 0 Å². The predicted octanol–water partition coefficient (Wildman–Crippen LogP) is 4.00. The largest absolute Gasteiger partial charge is 0.383 e. The highest BCUT2D eigenvalue weighted by Gasteiger charge is 2.26. The molecule has 1 saturated carbocycles. The second-order valence-corrected chi connectivity index (χ2v) is 7.75. The number of hydrogen-bond acceptors (Lipinski definition) is 7. The minimum Gasteiger partial charge on any atom is -0.383 e. The highest BCUT2D eigenvalue weighted by atomic mass is 32.1. The average molecular weight is 395 g/mol. The fraction of sp³-hybridized carbons (Fsp3) is 0.316. The van der Waals surface area contributed by atoms with Gasteiger partial charge in [0, 0.05) is 12.5 Å². The number of rotatable bonds is 3. The maximum Gasteiger partial charge on any atom is 0.223 e. The zero-order chi connectivity index (χ0) is 18.5. The van der Waals surface area contributed by atoms with Crippen molar-refractivity contribution in [1.29, 1.82) is 0 Å². The Morgan fingerprint density at radius 1 is 1.32 bits per heavy atom. The lowest BCUT2D eigenvalue weighted by Gasteiger charge is -2.25. The van der Waals surface area contributed by atoms with Crippen LogP contribution in [0.4, 0.5) is 10.9 Å². The minimum atomic E-state index is -0.135. The van der Waals surface area contributed by atoms with Gasteiger partial charge in [-0.1, -0.05) is 24.8 Å². The van der Waals surface area contributed by atoms with Gasteiger partial charge in [0.25, 0.3) is 0 Å². The third-order valence-corrected chi connectivity index (χ3v) is 5.82. The number of thiazole rings is 1. The number of aromatic nitrogens is 5. The molecule has 28 heavy (non-hydrogen) atoms. The van der Waals surface area contributed by atoms with E-state index in [4.69, 9.17) is 10.8 Å². The number of benzene rings is 1. The predicted molar refractivity (Wildman–Crippen MR) is 112 cm³/mol. The van der Waals surface area contributed by atoms with Crippen LogP contribution in [0.15, 0.2) is 24.5 Å².